The lowest BCUT2D eigenvalue weighted by molar-refractivity contribution is -0.125. The fourth-order valence-electron chi connectivity index (χ4n) is 0.578. The van der Waals surface area contributed by atoms with Gasteiger partial charge in [-0.3, -0.25) is 9.59 Å². The zero-order chi connectivity index (χ0) is 9.56. The molecule has 0 aromatic rings. The molecule has 0 atom stereocenters. The number of hydrogen-bond donors (Lipinski definition) is 0. The van der Waals surface area contributed by atoms with Crippen molar-refractivity contribution in [1.29, 1.82) is 0 Å². The van der Waals surface area contributed by atoms with Gasteiger partial charge in [0, 0.05) is 6.42 Å². The van der Waals surface area contributed by atoms with Crippen molar-refractivity contribution < 1.29 is 12.3 Å². The predicted molar refractivity (Wildman–Crippen MR) is 39.7 cm³/mol. The van der Waals surface area contributed by atoms with Crippen molar-refractivity contribution in [1.82, 2.24) is 0 Å². The summed E-state index contributed by atoms with van der Waals surface area (Å²) in [6, 6.07) is 0.118. The van der Waals surface area contributed by atoms with Crippen LogP contribution in [0.5, 0.6) is 0 Å². The Balaban J connectivity index is 3.65. The summed E-state index contributed by atoms with van der Waals surface area (Å²) in [5.41, 5.74) is 0. The van der Waals surface area contributed by atoms with Crippen LogP contribution in [0.1, 0.15) is 28.9 Å². The lowest BCUT2D eigenvalue weighted by Gasteiger charge is -1.92. The van der Waals surface area contributed by atoms with E-state index < -0.39 is 0 Å². The molecule has 0 aromatic heterocycles. The fourth-order valence-corrected chi connectivity index (χ4v) is 0.578. The second-order valence-electron chi connectivity index (χ2n) is 2.12. The Morgan fingerprint density at radius 3 is 3.00 bits per heavy atom. The Labute approximate surface area is 63.7 Å². The number of hydrogen-bond acceptors (Lipinski definition) is 2. The van der Waals surface area contributed by atoms with Crippen molar-refractivity contribution in [2.24, 2.45) is 0 Å². The number of allylic oxidation sites excluding steroid dienone is 1. The molecule has 0 aromatic carbocycles. The van der Waals surface area contributed by atoms with E-state index in [-0.39, 0.29) is 36.9 Å². The van der Waals surface area contributed by atoms with Crippen molar-refractivity contribution in [3.63, 3.8) is 0 Å². The molecule has 0 saturated heterocycles. The van der Waals surface area contributed by atoms with Gasteiger partial charge in [0.25, 0.3) is 0 Å². The molecule has 0 bridgehead atoms. The van der Waals surface area contributed by atoms with E-state index in [1.807, 2.05) is 0 Å². The first-order chi connectivity index (χ1) is 5.56. The van der Waals surface area contributed by atoms with Gasteiger partial charge in [-0.25, -0.2) is 0 Å². The van der Waals surface area contributed by atoms with E-state index in [4.69, 9.17) is 2.74 Å². The van der Waals surface area contributed by atoms with E-state index in [0.29, 0.717) is 0 Å². The van der Waals surface area contributed by atoms with Gasteiger partial charge in [-0.15, -0.1) is 6.55 Å². The Hall–Kier alpha value is -0.920. The quantitative estimate of drug-likeness (QED) is 0.430. The molecule has 0 unspecified atom stereocenters. The minimum absolute atomic E-state index is 0.0503. The Morgan fingerprint density at radius 1 is 1.80 bits per heavy atom. The van der Waals surface area contributed by atoms with Crippen LogP contribution in [0.3, 0.4) is 0 Å². The lowest BCUT2D eigenvalue weighted by Crippen LogP contribution is -2.02. The van der Waals surface area contributed by atoms with Crippen LogP contribution in [0.2, 0.25) is 0 Å². The third-order valence-electron chi connectivity index (χ3n) is 0.994. The van der Waals surface area contributed by atoms with E-state index in [2.05, 4.69) is 0 Å². The summed E-state index contributed by atoms with van der Waals surface area (Å²) in [5.74, 6) is -0.310. The van der Waals surface area contributed by atoms with Crippen molar-refractivity contribution in [2.75, 3.05) is 0 Å². The molecule has 0 aliphatic rings. The first-order valence-electron chi connectivity index (χ1n) is 4.19. The number of Topliss-reactive ketones (excluding diaryl/α,β-unsaturated/α-hetero) is 2. The van der Waals surface area contributed by atoms with Crippen LogP contribution in [0.25, 0.3) is 0 Å². The average molecular weight is 142 g/mol. The monoisotopic (exact) mass is 142 g/mol. The summed E-state index contributed by atoms with van der Waals surface area (Å²) in [5, 5.41) is 0. The van der Waals surface area contributed by atoms with Crippen LogP contribution in [-0.2, 0) is 9.59 Å². The summed E-state index contributed by atoms with van der Waals surface area (Å²) in [7, 11) is 0. The highest BCUT2D eigenvalue weighted by atomic mass is 16.1. The van der Waals surface area contributed by atoms with Crippen LogP contribution in [0.15, 0.2) is 12.6 Å². The fraction of sp³-hybridized carbons (Fsp3) is 0.500. The van der Waals surface area contributed by atoms with Gasteiger partial charge in [0.15, 0.2) is 0 Å². The van der Waals surface area contributed by atoms with Gasteiger partial charge >= 0.3 is 0 Å². The summed E-state index contributed by atoms with van der Waals surface area (Å²) < 4.78 is 13.7. The van der Waals surface area contributed by atoms with Crippen molar-refractivity contribution in [2.45, 2.75) is 26.2 Å². The first kappa shape index (κ1) is 5.83. The largest absolute Gasteiger partial charge is 0.300 e. The van der Waals surface area contributed by atoms with Gasteiger partial charge in [0.05, 0.1) is 9.16 Å². The molecule has 0 fully saturated rings. The number of carbonyl (C=O) groups excluding carboxylic acids is 2. The van der Waals surface area contributed by atoms with Crippen molar-refractivity contribution in [3.05, 3.63) is 12.6 Å². The first-order valence-corrected chi connectivity index (χ1v) is 3.11. The van der Waals surface area contributed by atoms with Gasteiger partial charge in [-0.05, 0) is 13.3 Å². The Bertz CT molecular complexity index is 209. The molecule has 0 heterocycles. The van der Waals surface area contributed by atoms with Crippen LogP contribution in [0, 0.1) is 0 Å². The Morgan fingerprint density at radius 2 is 2.50 bits per heavy atom. The molecule has 0 spiro atoms. The molecule has 0 aliphatic heterocycles. The van der Waals surface area contributed by atoms with E-state index in [1.165, 1.54) is 6.92 Å². The highest BCUT2D eigenvalue weighted by Gasteiger charge is 2.02. The minimum Gasteiger partial charge on any atom is -0.300 e. The number of carbonyl (C=O) groups is 2. The molecule has 10 heavy (non-hydrogen) atoms. The van der Waals surface area contributed by atoms with Crippen molar-refractivity contribution >= 4 is 11.6 Å². The zero-order valence-corrected chi connectivity index (χ0v) is 6.02. The van der Waals surface area contributed by atoms with E-state index >= 15 is 0 Å². The third-order valence-corrected chi connectivity index (χ3v) is 0.994. The van der Waals surface area contributed by atoms with Gasteiger partial charge in [-0.1, -0.05) is 6.05 Å². The molecule has 0 rings (SSSR count). The number of rotatable bonds is 5. The topological polar surface area (TPSA) is 34.1 Å². The normalized spacial score (nSPS) is 13.9. The van der Waals surface area contributed by atoms with Gasteiger partial charge < -0.3 is 0 Å². The highest BCUT2D eigenvalue weighted by molar-refractivity contribution is 5.97. The van der Waals surface area contributed by atoms with E-state index in [9.17, 15) is 9.59 Å². The smallest absolute Gasteiger partial charge is 0.140 e. The summed E-state index contributed by atoms with van der Waals surface area (Å²) in [6.07, 6.45) is 0.398. The summed E-state index contributed by atoms with van der Waals surface area (Å²) in [6.45, 7) is 2.26. The Kier molecular flexibility index (Phi) is 2.87. The molecular weight excluding hydrogens is 128 g/mol. The maximum absolute atomic E-state index is 10.9. The van der Waals surface area contributed by atoms with Crippen LogP contribution >= 0.6 is 0 Å². The molecule has 56 valence electrons. The molecule has 2 nitrogen and oxygen atoms in total. The molecule has 0 amide bonds. The maximum Gasteiger partial charge on any atom is 0.140 e. The van der Waals surface area contributed by atoms with Gasteiger partial charge in [0.1, 0.15) is 11.6 Å². The predicted octanol–water partition coefficient (Wildman–Crippen LogP) is 1.50. The second-order valence-corrected chi connectivity index (χ2v) is 2.12. The molecule has 0 N–H and O–H groups in total. The SMILES string of the molecule is [2H]C=C([2H])CCC(=O)CC(C)=O. The average Bonchev–Trinajstić information content (AvgIpc) is 1.99. The van der Waals surface area contributed by atoms with E-state index in [0.717, 1.165) is 6.55 Å². The zero-order valence-electron chi connectivity index (χ0n) is 8.02. The van der Waals surface area contributed by atoms with Crippen molar-refractivity contribution in [3.8, 4) is 0 Å². The lowest BCUT2D eigenvalue weighted by atomic mass is 10.1. The highest BCUT2D eigenvalue weighted by Crippen LogP contribution is 1.95. The molecule has 2 heteroatoms. The molecule has 0 aliphatic carbocycles. The molecule has 0 radical (unpaired) electrons. The summed E-state index contributed by atoms with van der Waals surface area (Å²) in [4.78, 5) is 21.3. The maximum atomic E-state index is 10.9. The molecule has 0 saturated carbocycles. The number of ketones is 2. The molecular formula is C8H12O2. The summed E-state index contributed by atoms with van der Waals surface area (Å²) >= 11 is 0. The van der Waals surface area contributed by atoms with Crippen LogP contribution < -0.4 is 0 Å². The van der Waals surface area contributed by atoms with Crippen LogP contribution in [-0.4, -0.2) is 11.6 Å². The standard InChI is InChI=1S/C8H12O2/c1-3-4-5-8(10)6-7(2)9/h3H,1,4-6H2,2H3/i1D,3D. The van der Waals surface area contributed by atoms with Gasteiger partial charge in [-0.2, -0.15) is 0 Å². The third kappa shape index (κ3) is 5.22. The van der Waals surface area contributed by atoms with Gasteiger partial charge in [0.2, 0.25) is 0 Å². The van der Waals surface area contributed by atoms with E-state index in [1.54, 1.807) is 0 Å². The minimum atomic E-state index is -0.158. The second kappa shape index (κ2) is 4.91. The van der Waals surface area contributed by atoms with Crippen LogP contribution in [0.4, 0.5) is 0 Å².